The second kappa shape index (κ2) is 6.38. The fraction of sp³-hybridized carbons (Fsp3) is 0.625. The standard InChI is InChI=1S/C16H23NS2/c1-2-8-17-13(10-12-5-3-4-6-12)15-11-16-14(19-15)7-9-18-16/h7,9,11-13,17H,2-6,8,10H2,1H3. The van der Waals surface area contributed by atoms with Gasteiger partial charge in [-0.1, -0.05) is 32.6 Å². The van der Waals surface area contributed by atoms with Crippen molar-refractivity contribution >= 4 is 32.1 Å². The van der Waals surface area contributed by atoms with Crippen molar-refractivity contribution in [1.82, 2.24) is 5.32 Å². The van der Waals surface area contributed by atoms with E-state index in [2.05, 4.69) is 29.8 Å². The van der Waals surface area contributed by atoms with Crippen LogP contribution in [0, 0.1) is 5.92 Å². The lowest BCUT2D eigenvalue weighted by atomic mass is 9.97. The zero-order valence-electron chi connectivity index (χ0n) is 11.7. The minimum Gasteiger partial charge on any atom is -0.309 e. The second-order valence-electron chi connectivity index (χ2n) is 5.69. The van der Waals surface area contributed by atoms with E-state index in [1.807, 2.05) is 22.7 Å². The average Bonchev–Trinajstić information content (AvgIpc) is 3.09. The molecule has 0 radical (unpaired) electrons. The van der Waals surface area contributed by atoms with Crippen LogP contribution >= 0.6 is 22.7 Å². The van der Waals surface area contributed by atoms with E-state index < -0.39 is 0 Å². The number of rotatable bonds is 6. The summed E-state index contributed by atoms with van der Waals surface area (Å²) in [5.41, 5.74) is 0. The van der Waals surface area contributed by atoms with Crippen molar-refractivity contribution in [2.24, 2.45) is 5.92 Å². The largest absolute Gasteiger partial charge is 0.309 e. The van der Waals surface area contributed by atoms with Crippen LogP contribution < -0.4 is 5.32 Å². The number of hydrogen-bond acceptors (Lipinski definition) is 3. The highest BCUT2D eigenvalue weighted by Gasteiger charge is 2.22. The lowest BCUT2D eigenvalue weighted by Gasteiger charge is -2.20. The van der Waals surface area contributed by atoms with E-state index in [1.54, 1.807) is 4.88 Å². The van der Waals surface area contributed by atoms with E-state index in [-0.39, 0.29) is 0 Å². The van der Waals surface area contributed by atoms with Crippen LogP contribution in [0.1, 0.15) is 56.4 Å². The summed E-state index contributed by atoms with van der Waals surface area (Å²) in [5.74, 6) is 0.953. The Bertz CT molecular complexity index is 479. The van der Waals surface area contributed by atoms with Crippen LogP contribution in [-0.2, 0) is 0 Å². The molecule has 2 heterocycles. The van der Waals surface area contributed by atoms with E-state index in [4.69, 9.17) is 0 Å². The van der Waals surface area contributed by atoms with E-state index in [0.717, 1.165) is 12.5 Å². The third kappa shape index (κ3) is 3.21. The van der Waals surface area contributed by atoms with Gasteiger partial charge in [-0.2, -0.15) is 0 Å². The van der Waals surface area contributed by atoms with Crippen molar-refractivity contribution in [1.29, 1.82) is 0 Å². The topological polar surface area (TPSA) is 12.0 Å². The summed E-state index contributed by atoms with van der Waals surface area (Å²) in [7, 11) is 0. The zero-order valence-corrected chi connectivity index (χ0v) is 13.3. The fourth-order valence-electron chi connectivity index (χ4n) is 3.15. The number of nitrogens with one attached hydrogen (secondary N) is 1. The van der Waals surface area contributed by atoms with Gasteiger partial charge >= 0.3 is 0 Å². The Morgan fingerprint density at radius 1 is 1.32 bits per heavy atom. The third-order valence-corrected chi connectivity index (χ3v) is 6.39. The second-order valence-corrected chi connectivity index (χ2v) is 7.75. The maximum Gasteiger partial charge on any atom is 0.0454 e. The van der Waals surface area contributed by atoms with Crippen LogP contribution in [0.15, 0.2) is 17.5 Å². The Hall–Kier alpha value is -0.380. The monoisotopic (exact) mass is 293 g/mol. The fourth-order valence-corrected chi connectivity index (χ4v) is 5.36. The molecule has 1 N–H and O–H groups in total. The Morgan fingerprint density at radius 3 is 2.89 bits per heavy atom. The molecule has 1 aliphatic rings. The molecule has 0 bridgehead atoms. The van der Waals surface area contributed by atoms with Crippen molar-refractivity contribution in [3.8, 4) is 0 Å². The molecule has 1 atom stereocenters. The predicted octanol–water partition coefficient (Wildman–Crippen LogP) is 5.58. The Morgan fingerprint density at radius 2 is 2.16 bits per heavy atom. The molecular weight excluding hydrogens is 270 g/mol. The molecule has 1 nitrogen and oxygen atoms in total. The van der Waals surface area contributed by atoms with Crippen molar-refractivity contribution in [3.63, 3.8) is 0 Å². The molecular formula is C16H23NS2. The molecule has 1 aliphatic carbocycles. The summed E-state index contributed by atoms with van der Waals surface area (Å²) in [6.07, 6.45) is 8.36. The third-order valence-electron chi connectivity index (χ3n) is 4.19. The molecule has 0 aromatic carbocycles. The highest BCUT2D eigenvalue weighted by Crippen LogP contribution is 2.38. The van der Waals surface area contributed by atoms with Gasteiger partial charge in [-0.15, -0.1) is 22.7 Å². The normalized spacial score (nSPS) is 18.4. The number of hydrogen-bond donors (Lipinski definition) is 1. The molecule has 19 heavy (non-hydrogen) atoms. The summed E-state index contributed by atoms with van der Waals surface area (Å²) < 4.78 is 2.93. The summed E-state index contributed by atoms with van der Waals surface area (Å²) in [6.45, 7) is 3.40. The molecule has 1 unspecified atom stereocenters. The maximum absolute atomic E-state index is 3.78. The van der Waals surface area contributed by atoms with Crippen molar-refractivity contribution in [3.05, 3.63) is 22.4 Å². The Kier molecular flexibility index (Phi) is 4.57. The van der Waals surface area contributed by atoms with Gasteiger partial charge in [0.05, 0.1) is 0 Å². The molecule has 0 saturated heterocycles. The molecule has 0 amide bonds. The van der Waals surface area contributed by atoms with Gasteiger partial charge in [-0.05, 0) is 42.8 Å². The first kappa shape index (κ1) is 13.6. The van der Waals surface area contributed by atoms with Crippen LogP contribution in [-0.4, -0.2) is 6.54 Å². The van der Waals surface area contributed by atoms with Gasteiger partial charge in [0.25, 0.3) is 0 Å². The van der Waals surface area contributed by atoms with Crippen LogP contribution in [0.2, 0.25) is 0 Å². The summed E-state index contributed by atoms with van der Waals surface area (Å²) in [5, 5.41) is 5.98. The molecule has 1 saturated carbocycles. The minimum atomic E-state index is 0.590. The smallest absolute Gasteiger partial charge is 0.0454 e. The SMILES string of the molecule is CCCNC(CC1CCCC1)c1cc2sccc2s1. The molecule has 3 heteroatoms. The zero-order chi connectivity index (χ0) is 13.1. The minimum absolute atomic E-state index is 0.590. The van der Waals surface area contributed by atoms with E-state index in [9.17, 15) is 0 Å². The first-order chi connectivity index (χ1) is 9.36. The predicted molar refractivity (Wildman–Crippen MR) is 87.3 cm³/mol. The van der Waals surface area contributed by atoms with Gasteiger partial charge in [0, 0.05) is 20.3 Å². The first-order valence-electron chi connectivity index (χ1n) is 7.57. The van der Waals surface area contributed by atoms with Gasteiger partial charge in [0.2, 0.25) is 0 Å². The maximum atomic E-state index is 3.78. The Labute approximate surface area is 124 Å². The lowest BCUT2D eigenvalue weighted by Crippen LogP contribution is -2.23. The molecule has 2 aromatic rings. The van der Waals surface area contributed by atoms with Gasteiger partial charge in [0.1, 0.15) is 0 Å². The molecule has 104 valence electrons. The first-order valence-corrected chi connectivity index (χ1v) is 9.26. The van der Waals surface area contributed by atoms with Gasteiger partial charge in [-0.25, -0.2) is 0 Å². The van der Waals surface area contributed by atoms with E-state index in [1.165, 1.54) is 47.9 Å². The van der Waals surface area contributed by atoms with Crippen LogP contribution in [0.5, 0.6) is 0 Å². The molecule has 2 aromatic heterocycles. The molecule has 0 spiro atoms. The average molecular weight is 294 g/mol. The van der Waals surface area contributed by atoms with E-state index >= 15 is 0 Å². The lowest BCUT2D eigenvalue weighted by molar-refractivity contribution is 0.399. The van der Waals surface area contributed by atoms with Crippen LogP contribution in [0.3, 0.4) is 0 Å². The van der Waals surface area contributed by atoms with Crippen molar-refractivity contribution in [2.75, 3.05) is 6.54 Å². The summed E-state index contributed by atoms with van der Waals surface area (Å²) >= 11 is 3.87. The van der Waals surface area contributed by atoms with Gasteiger partial charge in [-0.3, -0.25) is 0 Å². The van der Waals surface area contributed by atoms with E-state index in [0.29, 0.717) is 6.04 Å². The van der Waals surface area contributed by atoms with Gasteiger partial charge < -0.3 is 5.32 Å². The number of fused-ring (bicyclic) bond motifs is 1. The Balaban J connectivity index is 1.74. The molecule has 3 rings (SSSR count). The quantitative estimate of drug-likeness (QED) is 0.732. The van der Waals surface area contributed by atoms with Crippen LogP contribution in [0.25, 0.3) is 9.40 Å². The van der Waals surface area contributed by atoms with Crippen molar-refractivity contribution < 1.29 is 0 Å². The molecule has 1 fully saturated rings. The van der Waals surface area contributed by atoms with Crippen LogP contribution in [0.4, 0.5) is 0 Å². The van der Waals surface area contributed by atoms with Gasteiger partial charge in [0.15, 0.2) is 0 Å². The molecule has 0 aliphatic heterocycles. The summed E-state index contributed by atoms with van der Waals surface area (Å²) in [6, 6.07) is 5.28. The van der Waals surface area contributed by atoms with Crippen molar-refractivity contribution in [2.45, 2.75) is 51.5 Å². The number of thiophene rings is 2. The highest BCUT2D eigenvalue weighted by atomic mass is 32.1. The highest BCUT2D eigenvalue weighted by molar-refractivity contribution is 7.26. The summed E-state index contributed by atoms with van der Waals surface area (Å²) in [4.78, 5) is 1.56.